The third-order valence-corrected chi connectivity index (χ3v) is 4.13. The Morgan fingerprint density at radius 2 is 1.10 bits per heavy atom. The lowest BCUT2D eigenvalue weighted by atomic mass is 9.94. The molecule has 2 rings (SSSR count). The molecule has 0 aliphatic rings. The highest BCUT2D eigenvalue weighted by atomic mass is 19.4. The number of aliphatic hydroxyl groups is 1. The SMILES string of the molecule is COC(=O)c1ccc(C(C)(O)C(F)(F)F)cc1.COC(=O)c1ccc(C(C)=O)cc1. The predicted octanol–water partition coefficient (Wildman–Crippen LogP) is 3.92. The van der Waals surface area contributed by atoms with Crippen LogP contribution in [0, 0.1) is 0 Å². The van der Waals surface area contributed by atoms with E-state index in [1.54, 1.807) is 24.3 Å². The van der Waals surface area contributed by atoms with Crippen molar-refractivity contribution in [3.05, 3.63) is 70.8 Å². The van der Waals surface area contributed by atoms with Gasteiger partial charge in [-0.3, -0.25) is 4.79 Å². The third kappa shape index (κ3) is 6.15. The molecule has 2 aromatic carbocycles. The first kappa shape index (κ1) is 24.8. The first-order valence-corrected chi connectivity index (χ1v) is 8.52. The van der Waals surface area contributed by atoms with Gasteiger partial charge < -0.3 is 14.6 Å². The molecular weight excluding hydrogens is 405 g/mol. The van der Waals surface area contributed by atoms with Crippen molar-refractivity contribution in [2.24, 2.45) is 0 Å². The Morgan fingerprint density at radius 1 is 0.767 bits per heavy atom. The molecule has 1 atom stereocenters. The Labute approximate surface area is 171 Å². The van der Waals surface area contributed by atoms with Crippen LogP contribution in [-0.2, 0) is 15.1 Å². The highest BCUT2D eigenvalue weighted by molar-refractivity contribution is 5.96. The van der Waals surface area contributed by atoms with Gasteiger partial charge in [0.15, 0.2) is 11.4 Å². The molecule has 0 spiro atoms. The minimum absolute atomic E-state index is 0.0172. The summed E-state index contributed by atoms with van der Waals surface area (Å²) in [7, 11) is 2.49. The van der Waals surface area contributed by atoms with E-state index < -0.39 is 23.7 Å². The Balaban J connectivity index is 0.000000311. The highest BCUT2D eigenvalue weighted by Gasteiger charge is 2.51. The van der Waals surface area contributed by atoms with Crippen molar-refractivity contribution >= 4 is 17.7 Å². The lowest BCUT2D eigenvalue weighted by Crippen LogP contribution is -2.39. The molecule has 0 bridgehead atoms. The van der Waals surface area contributed by atoms with Crippen LogP contribution in [0.4, 0.5) is 13.2 Å². The average molecular weight is 426 g/mol. The number of carbonyl (C=O) groups is 3. The molecule has 6 nitrogen and oxygen atoms in total. The van der Waals surface area contributed by atoms with Crippen LogP contribution in [0.15, 0.2) is 48.5 Å². The molecule has 0 saturated carbocycles. The summed E-state index contributed by atoms with van der Waals surface area (Å²) in [5.74, 6) is -1.06. The number of hydrogen-bond acceptors (Lipinski definition) is 6. The molecule has 0 aliphatic carbocycles. The summed E-state index contributed by atoms with van der Waals surface area (Å²) in [4.78, 5) is 32.9. The second-order valence-electron chi connectivity index (χ2n) is 6.26. The van der Waals surface area contributed by atoms with Gasteiger partial charge in [0, 0.05) is 5.56 Å². The summed E-state index contributed by atoms with van der Waals surface area (Å²) in [5.41, 5.74) is -2.12. The molecule has 0 fully saturated rings. The van der Waals surface area contributed by atoms with Crippen LogP contribution >= 0.6 is 0 Å². The molecular formula is C21H21F3O6. The molecule has 1 unspecified atom stereocenters. The van der Waals surface area contributed by atoms with E-state index in [1.807, 2.05) is 0 Å². The van der Waals surface area contributed by atoms with Crippen LogP contribution in [0.25, 0.3) is 0 Å². The van der Waals surface area contributed by atoms with Crippen LogP contribution in [0.1, 0.15) is 50.5 Å². The summed E-state index contributed by atoms with van der Waals surface area (Å²) in [6.07, 6.45) is -4.78. The van der Waals surface area contributed by atoms with Crippen LogP contribution < -0.4 is 0 Å². The zero-order valence-electron chi connectivity index (χ0n) is 16.7. The van der Waals surface area contributed by atoms with Crippen molar-refractivity contribution < 1.29 is 42.1 Å². The topological polar surface area (TPSA) is 89.9 Å². The van der Waals surface area contributed by atoms with Gasteiger partial charge in [0.2, 0.25) is 0 Å². The van der Waals surface area contributed by atoms with E-state index in [9.17, 15) is 32.7 Å². The van der Waals surface area contributed by atoms with Crippen molar-refractivity contribution in [2.75, 3.05) is 14.2 Å². The standard InChI is InChI=1S/C11H11F3O3.C10H10O3/c1-10(16,11(12,13)14)8-5-3-7(4-6-8)9(15)17-2;1-7(11)8-3-5-9(6-4-8)10(12)13-2/h3-6,16H,1-2H3;3-6H,1-2H3. The van der Waals surface area contributed by atoms with Crippen LogP contribution in [0.2, 0.25) is 0 Å². The van der Waals surface area contributed by atoms with E-state index in [4.69, 9.17) is 0 Å². The van der Waals surface area contributed by atoms with Gasteiger partial charge in [-0.2, -0.15) is 13.2 Å². The van der Waals surface area contributed by atoms with E-state index >= 15 is 0 Å². The van der Waals surface area contributed by atoms with Crippen molar-refractivity contribution in [3.63, 3.8) is 0 Å². The number of halogens is 3. The maximum absolute atomic E-state index is 12.5. The van der Waals surface area contributed by atoms with Crippen molar-refractivity contribution in [1.29, 1.82) is 0 Å². The zero-order chi connectivity index (χ0) is 23.1. The van der Waals surface area contributed by atoms with Gasteiger partial charge in [0.05, 0.1) is 25.3 Å². The lowest BCUT2D eigenvalue weighted by Gasteiger charge is -2.26. The van der Waals surface area contributed by atoms with E-state index in [0.29, 0.717) is 18.1 Å². The van der Waals surface area contributed by atoms with E-state index in [2.05, 4.69) is 9.47 Å². The molecule has 2 aromatic rings. The molecule has 30 heavy (non-hydrogen) atoms. The first-order chi connectivity index (χ1) is 13.8. The van der Waals surface area contributed by atoms with Gasteiger partial charge in [-0.15, -0.1) is 0 Å². The van der Waals surface area contributed by atoms with E-state index in [0.717, 1.165) is 12.1 Å². The van der Waals surface area contributed by atoms with Gasteiger partial charge in [0.1, 0.15) is 0 Å². The summed E-state index contributed by atoms with van der Waals surface area (Å²) < 4.78 is 46.4. The molecule has 162 valence electrons. The molecule has 0 aromatic heterocycles. The van der Waals surface area contributed by atoms with Crippen LogP contribution in [0.3, 0.4) is 0 Å². The van der Waals surface area contributed by atoms with Crippen LogP contribution in [0.5, 0.6) is 0 Å². The molecule has 0 radical (unpaired) electrons. The number of rotatable bonds is 4. The molecule has 0 saturated heterocycles. The van der Waals surface area contributed by atoms with Gasteiger partial charge >= 0.3 is 18.1 Å². The second kappa shape index (κ2) is 10.0. The van der Waals surface area contributed by atoms with E-state index in [-0.39, 0.29) is 16.9 Å². The summed E-state index contributed by atoms with van der Waals surface area (Å²) in [6.45, 7) is 2.13. The molecule has 0 amide bonds. The quantitative estimate of drug-likeness (QED) is 0.589. The molecule has 0 aliphatic heterocycles. The zero-order valence-corrected chi connectivity index (χ0v) is 16.7. The van der Waals surface area contributed by atoms with Crippen molar-refractivity contribution in [2.45, 2.75) is 25.6 Å². The minimum atomic E-state index is -4.78. The second-order valence-corrected chi connectivity index (χ2v) is 6.26. The average Bonchev–Trinajstić information content (AvgIpc) is 2.72. The number of Topliss-reactive ketones (excluding diaryl/α,β-unsaturated/α-hetero) is 1. The maximum Gasteiger partial charge on any atom is 0.421 e. The number of esters is 2. The fraction of sp³-hybridized carbons (Fsp3) is 0.286. The van der Waals surface area contributed by atoms with Gasteiger partial charge in [-0.05, 0) is 43.7 Å². The number of benzene rings is 2. The molecule has 0 heterocycles. The van der Waals surface area contributed by atoms with Crippen LogP contribution in [-0.4, -0.2) is 43.2 Å². The summed E-state index contributed by atoms with van der Waals surface area (Å²) in [6, 6.07) is 10.8. The van der Waals surface area contributed by atoms with Crippen molar-refractivity contribution in [1.82, 2.24) is 0 Å². The van der Waals surface area contributed by atoms with Gasteiger partial charge in [-0.25, -0.2) is 9.59 Å². The predicted molar refractivity (Wildman–Crippen MR) is 101 cm³/mol. The summed E-state index contributed by atoms with van der Waals surface area (Å²) in [5, 5.41) is 9.37. The van der Waals surface area contributed by atoms with Crippen molar-refractivity contribution in [3.8, 4) is 0 Å². The number of carbonyl (C=O) groups excluding carboxylic acids is 3. The largest absolute Gasteiger partial charge is 0.465 e. The number of ketones is 1. The first-order valence-electron chi connectivity index (χ1n) is 8.52. The Morgan fingerprint density at radius 3 is 1.40 bits per heavy atom. The summed E-state index contributed by atoms with van der Waals surface area (Å²) >= 11 is 0. The third-order valence-electron chi connectivity index (χ3n) is 4.13. The van der Waals surface area contributed by atoms with Gasteiger partial charge in [0.25, 0.3) is 0 Å². The van der Waals surface area contributed by atoms with E-state index in [1.165, 1.54) is 33.3 Å². The number of hydrogen-bond donors (Lipinski definition) is 1. The molecule has 9 heteroatoms. The molecule has 1 N–H and O–H groups in total. The smallest absolute Gasteiger partial charge is 0.421 e. The van der Waals surface area contributed by atoms with Gasteiger partial charge in [-0.1, -0.05) is 24.3 Å². The normalized spacial score (nSPS) is 12.7. The highest BCUT2D eigenvalue weighted by Crippen LogP contribution is 2.38. The number of ether oxygens (including phenoxy) is 2. The number of methoxy groups -OCH3 is 2. The Kier molecular flexibility index (Phi) is 8.29. The Hall–Kier alpha value is -3.20. The monoisotopic (exact) mass is 426 g/mol. The lowest BCUT2D eigenvalue weighted by molar-refractivity contribution is -0.258. The Bertz CT molecular complexity index is 884. The minimum Gasteiger partial charge on any atom is -0.465 e. The fourth-order valence-corrected chi connectivity index (χ4v) is 2.17. The fourth-order valence-electron chi connectivity index (χ4n) is 2.17. The maximum atomic E-state index is 12.5. The number of alkyl halides is 3.